The van der Waals surface area contributed by atoms with Gasteiger partial charge in [0.15, 0.2) is 6.61 Å². The number of likely N-dealkylation sites (N-methyl/N-ethyl adjacent to an activating group) is 1. The molecule has 0 N–H and O–H groups in total. The fraction of sp³-hybridized carbons (Fsp3) is 0.524. The maximum Gasteiger partial charge on any atom is 0.338 e. The lowest BCUT2D eigenvalue weighted by molar-refractivity contribution is -0.134. The van der Waals surface area contributed by atoms with Gasteiger partial charge in [0.25, 0.3) is 11.5 Å². The molecule has 2 heterocycles. The minimum atomic E-state index is -0.587. The highest BCUT2D eigenvalue weighted by Gasteiger charge is 2.17. The molecule has 150 valence electrons. The van der Waals surface area contributed by atoms with Gasteiger partial charge < -0.3 is 9.64 Å². The van der Waals surface area contributed by atoms with E-state index in [4.69, 9.17) is 4.74 Å². The number of esters is 1. The monoisotopic (exact) mass is 385 g/mol. The van der Waals surface area contributed by atoms with Crippen LogP contribution in [0, 0.1) is 0 Å². The minimum absolute atomic E-state index is 0.0569. The lowest BCUT2D eigenvalue weighted by Crippen LogP contribution is -2.34. The molecule has 0 saturated carbocycles. The van der Waals surface area contributed by atoms with Gasteiger partial charge in [0, 0.05) is 26.1 Å². The molecule has 1 amide bonds. The van der Waals surface area contributed by atoms with Crippen LogP contribution in [0.1, 0.15) is 55.7 Å². The van der Waals surface area contributed by atoms with Crippen molar-refractivity contribution in [2.24, 2.45) is 0 Å². The number of amides is 1. The van der Waals surface area contributed by atoms with Crippen LogP contribution in [0.2, 0.25) is 0 Å². The van der Waals surface area contributed by atoms with Crippen LogP contribution in [-0.2, 0) is 22.5 Å². The molecule has 1 aromatic heterocycles. The lowest BCUT2D eigenvalue weighted by atomic mass is 10.1. The molecule has 0 saturated heterocycles. The molecule has 1 aliphatic heterocycles. The van der Waals surface area contributed by atoms with Crippen molar-refractivity contribution in [2.45, 2.75) is 52.5 Å². The number of nitrogens with zero attached hydrogens (tertiary/aromatic N) is 3. The molecular formula is C21H27N3O4. The molecule has 0 unspecified atom stereocenters. The number of hydrogen-bond acceptors (Lipinski definition) is 5. The predicted molar refractivity (Wildman–Crippen MR) is 106 cm³/mol. The first-order chi connectivity index (χ1) is 13.5. The van der Waals surface area contributed by atoms with E-state index in [0.717, 1.165) is 37.9 Å². The summed E-state index contributed by atoms with van der Waals surface area (Å²) < 4.78 is 6.93. The van der Waals surface area contributed by atoms with Crippen LogP contribution >= 0.6 is 0 Å². The minimum Gasteiger partial charge on any atom is -0.452 e. The molecule has 0 atom stereocenters. The van der Waals surface area contributed by atoms with E-state index < -0.39 is 5.97 Å². The summed E-state index contributed by atoms with van der Waals surface area (Å²) in [7, 11) is 0. The number of ether oxygens (including phenoxy) is 1. The van der Waals surface area contributed by atoms with E-state index in [2.05, 4.69) is 4.98 Å². The summed E-state index contributed by atoms with van der Waals surface area (Å²) >= 11 is 0. The number of aromatic nitrogens is 2. The Labute approximate surface area is 164 Å². The smallest absolute Gasteiger partial charge is 0.338 e. The van der Waals surface area contributed by atoms with Gasteiger partial charge in [-0.05, 0) is 44.9 Å². The molecule has 0 bridgehead atoms. The van der Waals surface area contributed by atoms with Gasteiger partial charge in [-0.2, -0.15) is 0 Å². The van der Waals surface area contributed by atoms with Crippen molar-refractivity contribution in [1.29, 1.82) is 0 Å². The van der Waals surface area contributed by atoms with Gasteiger partial charge in [0.1, 0.15) is 5.82 Å². The Morgan fingerprint density at radius 3 is 2.64 bits per heavy atom. The van der Waals surface area contributed by atoms with E-state index in [-0.39, 0.29) is 18.1 Å². The number of fused-ring (bicyclic) bond motifs is 2. The van der Waals surface area contributed by atoms with Gasteiger partial charge in [-0.1, -0.05) is 12.8 Å². The van der Waals surface area contributed by atoms with Crippen molar-refractivity contribution < 1.29 is 14.3 Å². The molecule has 0 radical (unpaired) electrons. The zero-order valence-electron chi connectivity index (χ0n) is 16.6. The Morgan fingerprint density at radius 2 is 1.89 bits per heavy atom. The summed E-state index contributed by atoms with van der Waals surface area (Å²) in [5.74, 6) is -0.0348. The third-order valence-electron chi connectivity index (χ3n) is 5.25. The van der Waals surface area contributed by atoms with Crippen LogP contribution in [0.4, 0.5) is 0 Å². The summed E-state index contributed by atoms with van der Waals surface area (Å²) in [5.41, 5.74) is 0.738. The largest absolute Gasteiger partial charge is 0.452 e. The third-order valence-corrected chi connectivity index (χ3v) is 5.25. The Hall–Kier alpha value is -2.70. The number of rotatable bonds is 5. The predicted octanol–water partition coefficient (Wildman–Crippen LogP) is 2.54. The molecule has 2 aromatic rings. The van der Waals surface area contributed by atoms with Crippen LogP contribution in [0.15, 0.2) is 23.0 Å². The standard InChI is InChI=1S/C21H27N3O4/c1-3-23(4-2)19(25)14-28-21(27)15-10-11-16-17(13-15)22-18-9-7-5-6-8-12-24(18)20(16)26/h10-11,13H,3-9,12,14H2,1-2H3. The SMILES string of the molecule is CCN(CC)C(=O)COC(=O)c1ccc2c(=O)n3c(nc2c1)CCCCCC3. The van der Waals surface area contributed by atoms with Crippen molar-refractivity contribution in [3.05, 3.63) is 39.9 Å². The summed E-state index contributed by atoms with van der Waals surface area (Å²) in [6.45, 7) is 5.29. The van der Waals surface area contributed by atoms with Gasteiger partial charge in [-0.15, -0.1) is 0 Å². The molecule has 0 aliphatic carbocycles. The highest BCUT2D eigenvalue weighted by molar-refractivity contribution is 5.95. The molecule has 0 spiro atoms. The van der Waals surface area contributed by atoms with E-state index in [1.165, 1.54) is 0 Å². The van der Waals surface area contributed by atoms with Gasteiger partial charge >= 0.3 is 5.97 Å². The van der Waals surface area contributed by atoms with Gasteiger partial charge in [-0.25, -0.2) is 9.78 Å². The maximum atomic E-state index is 12.8. The van der Waals surface area contributed by atoms with Crippen LogP contribution in [-0.4, -0.2) is 46.0 Å². The Kier molecular flexibility index (Phi) is 6.44. The van der Waals surface area contributed by atoms with E-state index in [9.17, 15) is 14.4 Å². The fourth-order valence-corrected chi connectivity index (χ4v) is 3.60. The normalized spacial score (nSPS) is 14.1. The zero-order valence-corrected chi connectivity index (χ0v) is 16.6. The van der Waals surface area contributed by atoms with Crippen molar-refractivity contribution in [1.82, 2.24) is 14.5 Å². The molecule has 3 rings (SSSR count). The fourth-order valence-electron chi connectivity index (χ4n) is 3.60. The van der Waals surface area contributed by atoms with Crippen molar-refractivity contribution in [3.63, 3.8) is 0 Å². The topological polar surface area (TPSA) is 81.5 Å². The number of carbonyl (C=O) groups excluding carboxylic acids is 2. The lowest BCUT2D eigenvalue weighted by Gasteiger charge is -2.18. The maximum absolute atomic E-state index is 12.8. The molecule has 28 heavy (non-hydrogen) atoms. The average molecular weight is 385 g/mol. The zero-order chi connectivity index (χ0) is 20.1. The van der Waals surface area contributed by atoms with Crippen LogP contribution < -0.4 is 5.56 Å². The van der Waals surface area contributed by atoms with E-state index in [1.807, 2.05) is 13.8 Å². The third kappa shape index (κ3) is 4.24. The van der Waals surface area contributed by atoms with Crippen molar-refractivity contribution >= 4 is 22.8 Å². The Bertz CT molecular complexity index is 931. The molecule has 1 aromatic carbocycles. The van der Waals surface area contributed by atoms with E-state index in [0.29, 0.717) is 36.1 Å². The van der Waals surface area contributed by atoms with Crippen molar-refractivity contribution in [2.75, 3.05) is 19.7 Å². The van der Waals surface area contributed by atoms with E-state index in [1.54, 1.807) is 27.7 Å². The Balaban J connectivity index is 1.83. The highest BCUT2D eigenvalue weighted by Crippen LogP contribution is 2.17. The van der Waals surface area contributed by atoms with Gasteiger partial charge in [-0.3, -0.25) is 14.2 Å². The number of carbonyl (C=O) groups is 2. The van der Waals surface area contributed by atoms with Gasteiger partial charge in [0.05, 0.1) is 16.5 Å². The first-order valence-electron chi connectivity index (χ1n) is 10.0. The number of benzene rings is 1. The molecule has 7 nitrogen and oxygen atoms in total. The Morgan fingerprint density at radius 1 is 1.14 bits per heavy atom. The summed E-state index contributed by atoms with van der Waals surface area (Å²) in [6.07, 6.45) is 5.01. The molecular weight excluding hydrogens is 358 g/mol. The van der Waals surface area contributed by atoms with Gasteiger partial charge in [0.2, 0.25) is 0 Å². The summed E-state index contributed by atoms with van der Waals surface area (Å²) in [6, 6.07) is 4.77. The second-order valence-corrected chi connectivity index (χ2v) is 7.02. The van der Waals surface area contributed by atoms with Crippen LogP contribution in [0.25, 0.3) is 10.9 Å². The quantitative estimate of drug-likeness (QED) is 0.739. The molecule has 1 aliphatic rings. The second-order valence-electron chi connectivity index (χ2n) is 7.02. The molecule has 7 heteroatoms. The first-order valence-corrected chi connectivity index (χ1v) is 10.0. The number of aryl methyl sites for hydroxylation is 1. The number of hydrogen-bond donors (Lipinski definition) is 0. The highest BCUT2D eigenvalue weighted by atomic mass is 16.5. The second kappa shape index (κ2) is 8.99. The van der Waals surface area contributed by atoms with E-state index >= 15 is 0 Å². The van der Waals surface area contributed by atoms with Crippen LogP contribution in [0.5, 0.6) is 0 Å². The van der Waals surface area contributed by atoms with Crippen molar-refractivity contribution in [3.8, 4) is 0 Å². The molecule has 0 fully saturated rings. The summed E-state index contributed by atoms with van der Waals surface area (Å²) in [4.78, 5) is 43.5. The van der Waals surface area contributed by atoms with Crippen LogP contribution in [0.3, 0.4) is 0 Å². The summed E-state index contributed by atoms with van der Waals surface area (Å²) in [5, 5.41) is 0.500. The first kappa shape index (κ1) is 20.0. The average Bonchev–Trinajstić information content (AvgIpc) is 2.68.